The normalized spacial score (nSPS) is 14.7. The molecule has 17 heavy (non-hydrogen) atoms. The van der Waals surface area contributed by atoms with E-state index in [-0.39, 0.29) is 24.0 Å². The molecule has 0 radical (unpaired) electrons. The molecule has 2 atom stereocenters. The first-order chi connectivity index (χ1) is 7.95. The van der Waals surface area contributed by atoms with Gasteiger partial charge in [0.25, 0.3) is 0 Å². The van der Waals surface area contributed by atoms with Crippen LogP contribution >= 0.6 is 27.3 Å². The number of rotatable bonds is 5. The maximum absolute atomic E-state index is 11.6. The van der Waals surface area contributed by atoms with E-state index in [1.165, 1.54) is 12.0 Å². The summed E-state index contributed by atoms with van der Waals surface area (Å²) < 4.78 is 5.88. The summed E-state index contributed by atoms with van der Waals surface area (Å²) in [6.07, 6.45) is 0. The summed E-state index contributed by atoms with van der Waals surface area (Å²) in [4.78, 5) is 12.8. The Morgan fingerprint density at radius 1 is 1.47 bits per heavy atom. The molecule has 0 aromatic carbocycles. The summed E-state index contributed by atoms with van der Waals surface area (Å²) in [5, 5.41) is 5.35. The number of methoxy groups -OCH3 is 1. The molecule has 1 N–H and O–H groups in total. The molecule has 3 nitrogen and oxygen atoms in total. The van der Waals surface area contributed by atoms with Crippen molar-refractivity contribution in [1.82, 2.24) is 5.32 Å². The maximum Gasteiger partial charge on any atom is 0.323 e. The van der Waals surface area contributed by atoms with Crippen molar-refractivity contribution >= 4 is 33.2 Å². The molecule has 0 amide bonds. The molecule has 5 heteroatoms. The van der Waals surface area contributed by atoms with Gasteiger partial charge >= 0.3 is 5.97 Å². The van der Waals surface area contributed by atoms with Gasteiger partial charge in [0.1, 0.15) is 6.04 Å². The lowest BCUT2D eigenvalue weighted by Crippen LogP contribution is -2.42. The van der Waals surface area contributed by atoms with Gasteiger partial charge in [-0.15, -0.1) is 11.3 Å². The van der Waals surface area contributed by atoms with Crippen LogP contribution in [0, 0.1) is 5.92 Å². The predicted octanol–water partition coefficient (Wildman–Crippen LogP) is 3.36. The lowest BCUT2D eigenvalue weighted by molar-refractivity contribution is -0.144. The number of carbonyl (C=O) groups excluding carboxylic acids is 1. The molecule has 0 aliphatic rings. The average molecular weight is 320 g/mol. The highest BCUT2D eigenvalue weighted by atomic mass is 79.9. The lowest BCUT2D eigenvalue weighted by Gasteiger charge is -2.23. The number of ether oxygens (including phenoxy) is 1. The fraction of sp³-hybridized carbons (Fsp3) is 0.583. The zero-order valence-electron chi connectivity index (χ0n) is 10.5. The van der Waals surface area contributed by atoms with E-state index in [1.807, 2.05) is 19.2 Å². The average Bonchev–Trinajstić information content (AvgIpc) is 2.71. The van der Waals surface area contributed by atoms with Gasteiger partial charge in [-0.25, -0.2) is 0 Å². The fourth-order valence-corrected chi connectivity index (χ4v) is 3.03. The minimum atomic E-state index is -0.268. The number of esters is 1. The highest BCUT2D eigenvalue weighted by Gasteiger charge is 2.25. The molecule has 1 heterocycles. The van der Waals surface area contributed by atoms with E-state index in [0.717, 1.165) is 4.47 Å². The van der Waals surface area contributed by atoms with E-state index in [0.29, 0.717) is 0 Å². The van der Waals surface area contributed by atoms with E-state index in [9.17, 15) is 4.79 Å². The molecular weight excluding hydrogens is 302 g/mol. The molecule has 0 saturated carbocycles. The summed E-state index contributed by atoms with van der Waals surface area (Å²) in [6, 6.07) is 1.94. The smallest absolute Gasteiger partial charge is 0.323 e. The monoisotopic (exact) mass is 319 g/mol. The van der Waals surface area contributed by atoms with Gasteiger partial charge in [-0.3, -0.25) is 10.1 Å². The summed E-state index contributed by atoms with van der Waals surface area (Å²) in [7, 11) is 1.42. The fourth-order valence-electron chi connectivity index (χ4n) is 1.57. The van der Waals surface area contributed by atoms with Gasteiger partial charge in [-0.05, 0) is 34.8 Å². The van der Waals surface area contributed by atoms with Gasteiger partial charge in [0, 0.05) is 20.8 Å². The topological polar surface area (TPSA) is 38.3 Å². The quantitative estimate of drug-likeness (QED) is 0.846. The van der Waals surface area contributed by atoms with Crippen molar-refractivity contribution in [3.63, 3.8) is 0 Å². The SMILES string of the molecule is COC(=O)C(NC(C)c1cc(Br)cs1)C(C)C. The molecule has 0 aliphatic carbocycles. The predicted molar refractivity (Wildman–Crippen MR) is 74.2 cm³/mol. The van der Waals surface area contributed by atoms with Gasteiger partial charge < -0.3 is 4.74 Å². The van der Waals surface area contributed by atoms with Crippen LogP contribution in [0.15, 0.2) is 15.9 Å². The number of nitrogens with one attached hydrogen (secondary N) is 1. The second kappa shape index (κ2) is 6.52. The van der Waals surface area contributed by atoms with Crippen molar-refractivity contribution in [2.24, 2.45) is 5.92 Å². The van der Waals surface area contributed by atoms with Gasteiger partial charge in [-0.2, -0.15) is 0 Å². The molecule has 2 unspecified atom stereocenters. The molecule has 0 saturated heterocycles. The van der Waals surface area contributed by atoms with E-state index in [2.05, 4.69) is 34.2 Å². The van der Waals surface area contributed by atoms with Gasteiger partial charge in [0.2, 0.25) is 0 Å². The number of hydrogen-bond donors (Lipinski definition) is 1. The van der Waals surface area contributed by atoms with Crippen LogP contribution in [0.2, 0.25) is 0 Å². The molecular formula is C12H18BrNO2S. The second-order valence-corrected chi connectivity index (χ2v) is 6.16. The molecule has 1 aromatic rings. The van der Waals surface area contributed by atoms with Gasteiger partial charge in [-0.1, -0.05) is 13.8 Å². The Bertz CT molecular complexity index is 378. The Balaban J connectivity index is 2.70. The Labute approximate surface area is 115 Å². The Morgan fingerprint density at radius 3 is 2.53 bits per heavy atom. The first kappa shape index (κ1) is 14.7. The Hall–Kier alpha value is -0.390. The van der Waals surface area contributed by atoms with Crippen LogP contribution in [0.5, 0.6) is 0 Å². The molecule has 0 spiro atoms. The lowest BCUT2D eigenvalue weighted by atomic mass is 10.0. The highest BCUT2D eigenvalue weighted by molar-refractivity contribution is 9.10. The van der Waals surface area contributed by atoms with Crippen molar-refractivity contribution in [2.45, 2.75) is 32.9 Å². The zero-order chi connectivity index (χ0) is 13.0. The van der Waals surface area contributed by atoms with Gasteiger partial charge in [0.15, 0.2) is 0 Å². The summed E-state index contributed by atoms with van der Waals surface area (Å²) >= 11 is 5.10. The zero-order valence-corrected chi connectivity index (χ0v) is 12.9. The number of hydrogen-bond acceptors (Lipinski definition) is 4. The maximum atomic E-state index is 11.6. The van der Waals surface area contributed by atoms with Crippen molar-refractivity contribution in [2.75, 3.05) is 7.11 Å². The van der Waals surface area contributed by atoms with Crippen molar-refractivity contribution < 1.29 is 9.53 Å². The molecule has 0 fully saturated rings. The van der Waals surface area contributed by atoms with E-state index >= 15 is 0 Å². The number of carbonyl (C=O) groups is 1. The second-order valence-electron chi connectivity index (χ2n) is 4.30. The Kier molecular flexibility index (Phi) is 5.62. The minimum absolute atomic E-state index is 0.137. The molecule has 1 rings (SSSR count). The molecule has 1 aromatic heterocycles. The largest absolute Gasteiger partial charge is 0.468 e. The third kappa shape index (κ3) is 4.08. The molecule has 96 valence electrons. The van der Waals surface area contributed by atoms with Crippen molar-refractivity contribution in [1.29, 1.82) is 0 Å². The van der Waals surface area contributed by atoms with Crippen molar-refractivity contribution in [3.8, 4) is 0 Å². The minimum Gasteiger partial charge on any atom is -0.468 e. The third-order valence-electron chi connectivity index (χ3n) is 2.57. The van der Waals surface area contributed by atoms with Crippen LogP contribution < -0.4 is 5.32 Å². The standard InChI is InChI=1S/C12H18BrNO2S/c1-7(2)11(12(15)16-4)14-8(3)10-5-9(13)6-17-10/h5-8,11,14H,1-4H3. The van der Waals surface area contributed by atoms with Crippen molar-refractivity contribution in [3.05, 3.63) is 20.8 Å². The molecule has 0 aliphatic heterocycles. The van der Waals surface area contributed by atoms with Crippen LogP contribution in [0.25, 0.3) is 0 Å². The third-order valence-corrected chi connectivity index (χ3v) is 4.44. The highest BCUT2D eigenvalue weighted by Crippen LogP contribution is 2.26. The van der Waals surface area contributed by atoms with E-state index in [1.54, 1.807) is 11.3 Å². The van der Waals surface area contributed by atoms with Crippen LogP contribution in [0.3, 0.4) is 0 Å². The van der Waals surface area contributed by atoms with Crippen LogP contribution in [0.4, 0.5) is 0 Å². The van der Waals surface area contributed by atoms with Gasteiger partial charge in [0.05, 0.1) is 7.11 Å². The summed E-state index contributed by atoms with van der Waals surface area (Å²) in [5.41, 5.74) is 0. The van der Waals surface area contributed by atoms with E-state index < -0.39 is 0 Å². The van der Waals surface area contributed by atoms with E-state index in [4.69, 9.17) is 4.74 Å². The van der Waals surface area contributed by atoms with Crippen LogP contribution in [0.1, 0.15) is 31.7 Å². The Morgan fingerprint density at radius 2 is 2.12 bits per heavy atom. The summed E-state index contributed by atoms with van der Waals surface area (Å²) in [6.45, 7) is 6.06. The summed E-state index contributed by atoms with van der Waals surface area (Å²) in [5.74, 6) is -0.00391. The molecule has 0 bridgehead atoms. The first-order valence-corrected chi connectivity index (χ1v) is 7.20. The van der Waals surface area contributed by atoms with Crippen LogP contribution in [-0.4, -0.2) is 19.1 Å². The number of halogens is 1. The van der Waals surface area contributed by atoms with Crippen LogP contribution in [-0.2, 0) is 9.53 Å². The first-order valence-electron chi connectivity index (χ1n) is 5.53. The number of thiophene rings is 1.